The van der Waals surface area contributed by atoms with E-state index in [1.54, 1.807) is 10.9 Å². The van der Waals surface area contributed by atoms with Gasteiger partial charge >= 0.3 is 0 Å². The minimum absolute atomic E-state index is 0.517. The van der Waals surface area contributed by atoms with Crippen LogP contribution in [-0.4, -0.2) is 19.7 Å². The zero-order valence-electron chi connectivity index (χ0n) is 9.61. The van der Waals surface area contributed by atoms with E-state index in [2.05, 4.69) is 44.6 Å². The van der Waals surface area contributed by atoms with Gasteiger partial charge in [-0.1, -0.05) is 24.9 Å². The number of halogens is 2. The standard InChI is InChI=1S/C11H12ClIN4/c1-3-4-8-9(13)10(12)16-11(15-8)7-5-14-17(2)6-7/h5-6H,3-4H2,1-2H3. The van der Waals surface area contributed by atoms with E-state index in [4.69, 9.17) is 11.6 Å². The maximum absolute atomic E-state index is 6.13. The first-order valence-electron chi connectivity index (χ1n) is 5.32. The van der Waals surface area contributed by atoms with Gasteiger partial charge in [0, 0.05) is 13.2 Å². The summed E-state index contributed by atoms with van der Waals surface area (Å²) in [5.41, 5.74) is 1.90. The SMILES string of the molecule is CCCc1nc(-c2cnn(C)c2)nc(Cl)c1I. The van der Waals surface area contributed by atoms with Gasteiger partial charge < -0.3 is 0 Å². The minimum Gasteiger partial charge on any atom is -0.275 e. The van der Waals surface area contributed by atoms with Crippen molar-refractivity contribution < 1.29 is 0 Å². The predicted molar refractivity (Wildman–Crippen MR) is 76.0 cm³/mol. The van der Waals surface area contributed by atoms with Crippen molar-refractivity contribution >= 4 is 34.2 Å². The van der Waals surface area contributed by atoms with Crippen molar-refractivity contribution in [3.8, 4) is 11.4 Å². The van der Waals surface area contributed by atoms with Gasteiger partial charge in [0.2, 0.25) is 0 Å². The van der Waals surface area contributed by atoms with E-state index < -0.39 is 0 Å². The lowest BCUT2D eigenvalue weighted by Gasteiger charge is -2.06. The van der Waals surface area contributed by atoms with Crippen LogP contribution >= 0.6 is 34.2 Å². The van der Waals surface area contributed by atoms with Crippen LogP contribution in [0.25, 0.3) is 11.4 Å². The van der Waals surface area contributed by atoms with Gasteiger partial charge in [0.15, 0.2) is 5.82 Å². The quantitative estimate of drug-likeness (QED) is 0.622. The lowest BCUT2D eigenvalue weighted by Crippen LogP contribution is -2.00. The fourth-order valence-electron chi connectivity index (χ4n) is 1.53. The number of aromatic nitrogens is 4. The second kappa shape index (κ2) is 5.30. The van der Waals surface area contributed by atoms with E-state index in [0.717, 1.165) is 27.7 Å². The molecular weight excluding hydrogens is 351 g/mol. The topological polar surface area (TPSA) is 43.6 Å². The van der Waals surface area contributed by atoms with Crippen LogP contribution in [0.3, 0.4) is 0 Å². The van der Waals surface area contributed by atoms with Crippen molar-refractivity contribution in [1.29, 1.82) is 0 Å². The second-order valence-electron chi connectivity index (χ2n) is 3.75. The maximum Gasteiger partial charge on any atom is 0.164 e. The molecule has 0 amide bonds. The Bertz CT molecular complexity index is 538. The lowest BCUT2D eigenvalue weighted by molar-refractivity contribution is 0.768. The van der Waals surface area contributed by atoms with Crippen molar-refractivity contribution in [3.63, 3.8) is 0 Å². The summed E-state index contributed by atoms with van der Waals surface area (Å²) >= 11 is 8.32. The third-order valence-electron chi connectivity index (χ3n) is 2.33. The summed E-state index contributed by atoms with van der Waals surface area (Å²) in [5, 5.41) is 4.63. The zero-order chi connectivity index (χ0) is 12.4. The summed E-state index contributed by atoms with van der Waals surface area (Å²) in [7, 11) is 1.87. The van der Waals surface area contributed by atoms with E-state index >= 15 is 0 Å². The molecule has 0 aromatic carbocycles. The van der Waals surface area contributed by atoms with E-state index in [-0.39, 0.29) is 0 Å². The highest BCUT2D eigenvalue weighted by Crippen LogP contribution is 2.24. The van der Waals surface area contributed by atoms with E-state index in [0.29, 0.717) is 11.0 Å². The molecule has 0 aliphatic heterocycles. The summed E-state index contributed by atoms with van der Waals surface area (Å²) in [6.07, 6.45) is 5.58. The number of aryl methyl sites for hydroxylation is 2. The monoisotopic (exact) mass is 362 g/mol. The number of nitrogens with zero attached hydrogens (tertiary/aromatic N) is 4. The highest BCUT2D eigenvalue weighted by molar-refractivity contribution is 14.1. The summed E-state index contributed by atoms with van der Waals surface area (Å²) < 4.78 is 2.67. The molecule has 0 bridgehead atoms. The average Bonchev–Trinajstić information content (AvgIpc) is 2.71. The minimum atomic E-state index is 0.517. The molecule has 0 aliphatic carbocycles. The Hall–Kier alpha value is -0.690. The molecule has 0 fully saturated rings. The molecule has 0 atom stereocenters. The molecular formula is C11H12ClIN4. The van der Waals surface area contributed by atoms with Crippen LogP contribution in [0.15, 0.2) is 12.4 Å². The van der Waals surface area contributed by atoms with Gasteiger partial charge in [-0.2, -0.15) is 5.10 Å². The zero-order valence-corrected chi connectivity index (χ0v) is 12.5. The first kappa shape index (κ1) is 12.8. The molecule has 0 saturated carbocycles. The van der Waals surface area contributed by atoms with E-state index in [1.807, 2.05) is 13.2 Å². The molecule has 2 aromatic heterocycles. The van der Waals surface area contributed by atoms with Gasteiger partial charge in [-0.05, 0) is 29.0 Å². The largest absolute Gasteiger partial charge is 0.275 e. The maximum atomic E-state index is 6.13. The van der Waals surface area contributed by atoms with Crippen LogP contribution in [0.1, 0.15) is 19.0 Å². The van der Waals surface area contributed by atoms with Crippen LogP contribution in [0.2, 0.25) is 5.15 Å². The normalized spacial score (nSPS) is 10.8. The van der Waals surface area contributed by atoms with Crippen molar-refractivity contribution in [1.82, 2.24) is 19.7 Å². The molecule has 0 N–H and O–H groups in total. The molecule has 90 valence electrons. The Labute approximate surface area is 119 Å². The summed E-state index contributed by atoms with van der Waals surface area (Å²) in [5.74, 6) is 0.645. The third kappa shape index (κ3) is 2.77. The Kier molecular flexibility index (Phi) is 3.98. The van der Waals surface area contributed by atoms with Crippen LogP contribution in [0.4, 0.5) is 0 Å². The van der Waals surface area contributed by atoms with Crippen molar-refractivity contribution in [2.24, 2.45) is 7.05 Å². The molecule has 0 aliphatic rings. The molecule has 17 heavy (non-hydrogen) atoms. The molecule has 2 aromatic rings. The van der Waals surface area contributed by atoms with Crippen molar-refractivity contribution in [2.75, 3.05) is 0 Å². The van der Waals surface area contributed by atoms with Crippen LogP contribution in [0.5, 0.6) is 0 Å². The molecule has 0 radical (unpaired) electrons. The molecule has 0 unspecified atom stereocenters. The lowest BCUT2D eigenvalue weighted by atomic mass is 10.2. The Balaban J connectivity index is 2.48. The van der Waals surface area contributed by atoms with Crippen LogP contribution in [0, 0.1) is 3.57 Å². The Morgan fingerprint density at radius 2 is 2.18 bits per heavy atom. The van der Waals surface area contributed by atoms with Gasteiger partial charge in [0.25, 0.3) is 0 Å². The molecule has 0 saturated heterocycles. The van der Waals surface area contributed by atoms with Gasteiger partial charge in [-0.15, -0.1) is 0 Å². The summed E-state index contributed by atoms with van der Waals surface area (Å²) in [6.45, 7) is 2.12. The fourth-order valence-corrected chi connectivity index (χ4v) is 2.23. The third-order valence-corrected chi connectivity index (χ3v) is 4.06. The Morgan fingerprint density at radius 1 is 1.41 bits per heavy atom. The number of rotatable bonds is 3. The van der Waals surface area contributed by atoms with Crippen molar-refractivity contribution in [3.05, 3.63) is 26.8 Å². The van der Waals surface area contributed by atoms with Gasteiger partial charge in [-0.25, -0.2) is 9.97 Å². The number of hydrogen-bond acceptors (Lipinski definition) is 3. The fraction of sp³-hybridized carbons (Fsp3) is 0.364. The summed E-state index contributed by atoms with van der Waals surface area (Å²) in [4.78, 5) is 8.84. The smallest absolute Gasteiger partial charge is 0.164 e. The molecule has 4 nitrogen and oxygen atoms in total. The molecule has 0 spiro atoms. The predicted octanol–water partition coefficient (Wildman–Crippen LogP) is 3.09. The Morgan fingerprint density at radius 3 is 2.76 bits per heavy atom. The van der Waals surface area contributed by atoms with Crippen LogP contribution in [-0.2, 0) is 13.5 Å². The van der Waals surface area contributed by atoms with Gasteiger partial charge in [0.1, 0.15) is 5.15 Å². The van der Waals surface area contributed by atoms with E-state index in [9.17, 15) is 0 Å². The van der Waals surface area contributed by atoms with E-state index in [1.165, 1.54) is 0 Å². The number of hydrogen-bond donors (Lipinski definition) is 0. The molecule has 2 heterocycles. The van der Waals surface area contributed by atoms with Gasteiger partial charge in [0.05, 0.1) is 21.0 Å². The molecule has 2 rings (SSSR count). The van der Waals surface area contributed by atoms with Crippen molar-refractivity contribution in [2.45, 2.75) is 19.8 Å². The first-order valence-corrected chi connectivity index (χ1v) is 6.78. The highest BCUT2D eigenvalue weighted by Gasteiger charge is 2.12. The highest BCUT2D eigenvalue weighted by atomic mass is 127. The van der Waals surface area contributed by atoms with Gasteiger partial charge in [-0.3, -0.25) is 4.68 Å². The molecule has 6 heteroatoms. The first-order chi connectivity index (χ1) is 8.11. The summed E-state index contributed by atoms with van der Waals surface area (Å²) in [6, 6.07) is 0. The second-order valence-corrected chi connectivity index (χ2v) is 5.19. The van der Waals surface area contributed by atoms with Crippen LogP contribution < -0.4 is 0 Å². The average molecular weight is 363 g/mol.